The molecule has 1 amide bonds. The maximum absolute atomic E-state index is 11.8. The number of hydrogen-bond donors (Lipinski definition) is 2. The van der Waals surface area contributed by atoms with Gasteiger partial charge >= 0.3 is 0 Å². The first-order chi connectivity index (χ1) is 8.93. The van der Waals surface area contributed by atoms with Crippen molar-refractivity contribution in [3.63, 3.8) is 0 Å². The molecule has 1 unspecified atom stereocenters. The molecule has 0 fully saturated rings. The van der Waals surface area contributed by atoms with Crippen LogP contribution in [0.15, 0.2) is 0 Å². The van der Waals surface area contributed by atoms with Gasteiger partial charge in [0.05, 0.1) is 0 Å². The van der Waals surface area contributed by atoms with Gasteiger partial charge < -0.3 is 20.4 Å². The predicted molar refractivity (Wildman–Crippen MR) is 81.4 cm³/mol. The third-order valence-electron chi connectivity index (χ3n) is 2.94. The van der Waals surface area contributed by atoms with E-state index in [0.29, 0.717) is 0 Å². The molecular weight excluding hydrogens is 240 g/mol. The van der Waals surface area contributed by atoms with Crippen LogP contribution in [0.1, 0.15) is 19.8 Å². The first-order valence-corrected chi connectivity index (χ1v) is 7.21. The fourth-order valence-electron chi connectivity index (χ4n) is 1.71. The summed E-state index contributed by atoms with van der Waals surface area (Å²) >= 11 is 0. The van der Waals surface area contributed by atoms with Gasteiger partial charge in [-0.2, -0.15) is 0 Å². The van der Waals surface area contributed by atoms with Crippen molar-refractivity contribution in [2.75, 3.05) is 60.9 Å². The van der Waals surface area contributed by atoms with Crippen molar-refractivity contribution in [1.82, 2.24) is 20.4 Å². The van der Waals surface area contributed by atoms with Gasteiger partial charge in [0.25, 0.3) is 0 Å². The third kappa shape index (κ3) is 12.1. The molecule has 0 aromatic carbocycles. The highest BCUT2D eigenvalue weighted by atomic mass is 16.1. The molecule has 2 N–H and O–H groups in total. The highest BCUT2D eigenvalue weighted by Crippen LogP contribution is 1.93. The van der Waals surface area contributed by atoms with Crippen molar-refractivity contribution in [3.8, 4) is 0 Å². The molecule has 0 aromatic heterocycles. The molecule has 0 heterocycles. The lowest BCUT2D eigenvalue weighted by molar-refractivity contribution is -0.124. The zero-order valence-corrected chi connectivity index (χ0v) is 13.3. The standard InChI is InChI=1S/C14H32N4O/c1-13(12-15-8-6-10-17(2)3)14(19)16-9-7-11-18(4)5/h13,15H,6-12H2,1-5H3,(H,16,19). The second-order valence-electron chi connectivity index (χ2n) is 5.71. The molecule has 0 aliphatic rings. The number of carbonyl (C=O) groups is 1. The van der Waals surface area contributed by atoms with Crippen LogP contribution in [0.4, 0.5) is 0 Å². The van der Waals surface area contributed by atoms with Gasteiger partial charge in [-0.15, -0.1) is 0 Å². The van der Waals surface area contributed by atoms with Crippen LogP contribution in [0.3, 0.4) is 0 Å². The van der Waals surface area contributed by atoms with Gasteiger partial charge in [0.2, 0.25) is 5.91 Å². The second-order valence-corrected chi connectivity index (χ2v) is 5.71. The lowest BCUT2D eigenvalue weighted by Crippen LogP contribution is -2.37. The van der Waals surface area contributed by atoms with Gasteiger partial charge in [-0.05, 0) is 60.7 Å². The van der Waals surface area contributed by atoms with E-state index in [4.69, 9.17) is 0 Å². The van der Waals surface area contributed by atoms with Crippen LogP contribution < -0.4 is 10.6 Å². The molecule has 19 heavy (non-hydrogen) atoms. The minimum absolute atomic E-state index is 0.0405. The molecule has 0 saturated carbocycles. The normalized spacial score (nSPS) is 13.0. The Labute approximate surface area is 118 Å². The van der Waals surface area contributed by atoms with Crippen LogP contribution in [0, 0.1) is 5.92 Å². The predicted octanol–water partition coefficient (Wildman–Crippen LogP) is 0.232. The fraction of sp³-hybridized carbons (Fsp3) is 0.929. The second kappa shape index (κ2) is 11.2. The average molecular weight is 272 g/mol. The van der Waals surface area contributed by atoms with Crippen LogP contribution in [0.25, 0.3) is 0 Å². The molecule has 0 aromatic rings. The van der Waals surface area contributed by atoms with Crippen molar-refractivity contribution >= 4 is 5.91 Å². The maximum Gasteiger partial charge on any atom is 0.224 e. The lowest BCUT2D eigenvalue weighted by atomic mass is 10.1. The van der Waals surface area contributed by atoms with Crippen molar-refractivity contribution in [3.05, 3.63) is 0 Å². The summed E-state index contributed by atoms with van der Waals surface area (Å²) in [5.41, 5.74) is 0. The smallest absolute Gasteiger partial charge is 0.224 e. The molecule has 5 nitrogen and oxygen atoms in total. The van der Waals surface area contributed by atoms with Crippen molar-refractivity contribution < 1.29 is 4.79 Å². The van der Waals surface area contributed by atoms with E-state index in [9.17, 15) is 4.79 Å². The number of nitrogens with one attached hydrogen (secondary N) is 2. The third-order valence-corrected chi connectivity index (χ3v) is 2.94. The van der Waals surface area contributed by atoms with Crippen LogP contribution in [-0.4, -0.2) is 76.6 Å². The molecule has 0 aliphatic heterocycles. The molecular formula is C14H32N4O. The van der Waals surface area contributed by atoms with Crippen molar-refractivity contribution in [1.29, 1.82) is 0 Å². The van der Waals surface area contributed by atoms with Gasteiger partial charge in [-0.3, -0.25) is 4.79 Å². The van der Waals surface area contributed by atoms with Gasteiger partial charge in [-0.1, -0.05) is 6.92 Å². The largest absolute Gasteiger partial charge is 0.356 e. The molecule has 1 atom stereocenters. The zero-order valence-electron chi connectivity index (χ0n) is 13.3. The summed E-state index contributed by atoms with van der Waals surface area (Å²) in [6.45, 7) is 6.56. The monoisotopic (exact) mass is 272 g/mol. The van der Waals surface area contributed by atoms with Crippen molar-refractivity contribution in [2.45, 2.75) is 19.8 Å². The van der Waals surface area contributed by atoms with E-state index in [1.165, 1.54) is 0 Å². The van der Waals surface area contributed by atoms with Crippen LogP contribution in [-0.2, 0) is 4.79 Å². The topological polar surface area (TPSA) is 47.6 Å². The molecule has 0 saturated heterocycles. The molecule has 0 radical (unpaired) electrons. The maximum atomic E-state index is 11.8. The highest BCUT2D eigenvalue weighted by Gasteiger charge is 2.11. The Morgan fingerprint density at radius 2 is 1.53 bits per heavy atom. The Kier molecular flexibility index (Phi) is 10.8. The minimum Gasteiger partial charge on any atom is -0.356 e. The summed E-state index contributed by atoms with van der Waals surface area (Å²) in [4.78, 5) is 16.1. The molecule has 5 heteroatoms. The first kappa shape index (κ1) is 18.4. The van der Waals surface area contributed by atoms with Crippen LogP contribution >= 0.6 is 0 Å². The Bertz CT molecular complexity index is 231. The summed E-state index contributed by atoms with van der Waals surface area (Å²) in [7, 11) is 8.23. The van der Waals surface area contributed by atoms with E-state index in [1.54, 1.807) is 0 Å². The average Bonchev–Trinajstić information content (AvgIpc) is 2.33. The number of hydrogen-bond acceptors (Lipinski definition) is 4. The summed E-state index contributed by atoms with van der Waals surface area (Å²) in [5, 5.41) is 6.32. The number of nitrogens with zero attached hydrogens (tertiary/aromatic N) is 2. The van der Waals surface area contributed by atoms with Gasteiger partial charge in [-0.25, -0.2) is 0 Å². The molecule has 0 bridgehead atoms. The Balaban J connectivity index is 3.48. The van der Waals surface area contributed by atoms with E-state index in [2.05, 4.69) is 34.5 Å². The SMILES string of the molecule is CC(CNCCCN(C)C)C(=O)NCCCN(C)C. The van der Waals surface area contributed by atoms with E-state index in [1.807, 2.05) is 21.0 Å². The number of amides is 1. The van der Waals surface area contributed by atoms with Gasteiger partial charge in [0, 0.05) is 19.0 Å². The Hall–Kier alpha value is -0.650. The number of carbonyl (C=O) groups excluding carboxylic acids is 1. The molecule has 114 valence electrons. The van der Waals surface area contributed by atoms with E-state index >= 15 is 0 Å². The number of rotatable bonds is 11. The Morgan fingerprint density at radius 3 is 2.05 bits per heavy atom. The minimum atomic E-state index is 0.0405. The summed E-state index contributed by atoms with van der Waals surface area (Å²) < 4.78 is 0. The summed E-state index contributed by atoms with van der Waals surface area (Å²) in [5.74, 6) is 0.192. The molecule has 0 aliphatic carbocycles. The first-order valence-electron chi connectivity index (χ1n) is 7.21. The van der Waals surface area contributed by atoms with Gasteiger partial charge in [0.1, 0.15) is 0 Å². The highest BCUT2D eigenvalue weighted by molar-refractivity contribution is 5.78. The Morgan fingerprint density at radius 1 is 1.00 bits per heavy atom. The van der Waals surface area contributed by atoms with E-state index in [0.717, 1.165) is 45.6 Å². The fourth-order valence-corrected chi connectivity index (χ4v) is 1.71. The lowest BCUT2D eigenvalue weighted by Gasteiger charge is -2.15. The quantitative estimate of drug-likeness (QED) is 0.529. The van der Waals surface area contributed by atoms with Crippen LogP contribution in [0.5, 0.6) is 0 Å². The van der Waals surface area contributed by atoms with E-state index < -0.39 is 0 Å². The zero-order chi connectivity index (χ0) is 14.7. The molecule has 0 spiro atoms. The van der Waals surface area contributed by atoms with E-state index in [-0.39, 0.29) is 11.8 Å². The van der Waals surface area contributed by atoms with Crippen LogP contribution in [0.2, 0.25) is 0 Å². The van der Waals surface area contributed by atoms with Gasteiger partial charge in [0.15, 0.2) is 0 Å². The summed E-state index contributed by atoms with van der Waals surface area (Å²) in [6, 6.07) is 0. The molecule has 0 rings (SSSR count). The van der Waals surface area contributed by atoms with Crippen molar-refractivity contribution in [2.24, 2.45) is 5.92 Å². The summed E-state index contributed by atoms with van der Waals surface area (Å²) in [6.07, 6.45) is 2.12.